The fraction of sp³-hybridized carbons (Fsp3) is 1.00. The van der Waals surface area contributed by atoms with Crippen LogP contribution in [0.1, 0.15) is 32.6 Å². The minimum Gasteiger partial charge on any atom is -0.305 e. The Morgan fingerprint density at radius 2 is 1.58 bits per heavy atom. The fourth-order valence-electron chi connectivity index (χ4n) is 3.45. The molecule has 2 atom stereocenters. The van der Waals surface area contributed by atoms with Crippen LogP contribution in [-0.4, -0.2) is 96.6 Å². The zero-order valence-electron chi connectivity index (χ0n) is 15.3. The van der Waals surface area contributed by atoms with E-state index in [0.29, 0.717) is 0 Å². The van der Waals surface area contributed by atoms with E-state index in [0.717, 1.165) is 58.8 Å². The predicted octanol–water partition coefficient (Wildman–Crippen LogP) is 2.56. The molecular formula is C17H34Cl2MnN4. The first-order valence-electron chi connectivity index (χ1n) is 9.27. The Bertz CT molecular complexity index is 347. The molecule has 24 heavy (non-hydrogen) atoms. The molecule has 2 aliphatic rings. The Morgan fingerprint density at radius 3 is 2.33 bits per heavy atom. The Balaban J connectivity index is 0.00000288. The molecule has 0 aromatic rings. The largest absolute Gasteiger partial charge is 0.305 e. The van der Waals surface area contributed by atoms with E-state index in [1.165, 1.54) is 32.4 Å². The summed E-state index contributed by atoms with van der Waals surface area (Å²) in [5.74, 6) is 0. The molecule has 2 heterocycles. The molecule has 1 radical (unpaired) electrons. The smallest absolute Gasteiger partial charge is 0.172 e. The molecule has 0 aromatic carbocycles. The van der Waals surface area contributed by atoms with Crippen LogP contribution in [0.3, 0.4) is 0 Å². The van der Waals surface area contributed by atoms with Crippen molar-refractivity contribution in [2.24, 2.45) is 0 Å². The van der Waals surface area contributed by atoms with Gasteiger partial charge in [0.2, 0.25) is 0 Å². The molecule has 2 aliphatic heterocycles. The first-order chi connectivity index (χ1) is 11.0. The summed E-state index contributed by atoms with van der Waals surface area (Å²) in [7, 11) is 2.20. The topological polar surface area (TPSA) is 13.0 Å². The van der Waals surface area contributed by atoms with Gasteiger partial charge in [-0.15, -0.1) is 0 Å². The zero-order chi connectivity index (χ0) is 16.7. The van der Waals surface area contributed by atoms with E-state index in [1.807, 2.05) is 0 Å². The van der Waals surface area contributed by atoms with Crippen LogP contribution in [0, 0.1) is 0 Å². The molecule has 0 aromatic heterocycles. The van der Waals surface area contributed by atoms with E-state index in [-0.39, 0.29) is 17.1 Å². The van der Waals surface area contributed by atoms with Crippen LogP contribution in [-0.2, 0) is 17.1 Å². The Morgan fingerprint density at radius 1 is 0.875 bits per heavy atom. The average Bonchev–Trinajstić information content (AvgIpc) is 2.52. The van der Waals surface area contributed by atoms with Crippen molar-refractivity contribution in [2.45, 2.75) is 37.1 Å². The van der Waals surface area contributed by atoms with Gasteiger partial charge in [-0.3, -0.25) is 4.90 Å². The summed E-state index contributed by atoms with van der Waals surface area (Å²) in [6.07, 6.45) is 4.57. The first-order valence-corrected chi connectivity index (χ1v) is 10.0. The van der Waals surface area contributed by atoms with E-state index in [9.17, 15) is 0 Å². The van der Waals surface area contributed by atoms with Gasteiger partial charge >= 0.3 is 0 Å². The van der Waals surface area contributed by atoms with Gasteiger partial charge in [-0.1, -0.05) is 36.5 Å². The molecule has 7 heteroatoms. The van der Waals surface area contributed by atoms with E-state index in [2.05, 4.69) is 33.6 Å². The predicted molar refractivity (Wildman–Crippen MR) is 101 cm³/mol. The van der Waals surface area contributed by atoms with Crippen molar-refractivity contribution in [3.63, 3.8) is 0 Å². The number of hydrogen-bond acceptors (Lipinski definition) is 4. The number of alkyl halides is 2. The van der Waals surface area contributed by atoms with Crippen molar-refractivity contribution in [2.75, 3.05) is 72.5 Å². The van der Waals surface area contributed by atoms with Gasteiger partial charge in [0.1, 0.15) is 0 Å². The Labute approximate surface area is 169 Å². The minimum absolute atomic E-state index is 0. The second-order valence-electron chi connectivity index (χ2n) is 7.10. The van der Waals surface area contributed by atoms with Crippen LogP contribution in [0.25, 0.3) is 0 Å². The third-order valence-corrected chi connectivity index (χ3v) is 6.06. The third-order valence-electron chi connectivity index (χ3n) is 5.20. The van der Waals surface area contributed by atoms with E-state index >= 15 is 0 Å². The number of nitrogens with zero attached hydrogens (tertiary/aromatic N) is 4. The molecule has 143 valence electrons. The van der Waals surface area contributed by atoms with Crippen molar-refractivity contribution in [1.29, 1.82) is 0 Å². The summed E-state index contributed by atoms with van der Waals surface area (Å²) in [5.41, 5.74) is 0. The first kappa shape index (κ1) is 23.0. The van der Waals surface area contributed by atoms with Crippen molar-refractivity contribution in [1.82, 2.24) is 19.6 Å². The fourth-order valence-corrected chi connectivity index (χ4v) is 3.96. The summed E-state index contributed by atoms with van der Waals surface area (Å²) >= 11 is 13.5. The normalized spacial score (nSPS) is 30.5. The van der Waals surface area contributed by atoms with Gasteiger partial charge in [0.05, 0.1) is 0 Å². The van der Waals surface area contributed by atoms with Crippen LogP contribution >= 0.6 is 23.2 Å². The van der Waals surface area contributed by atoms with Gasteiger partial charge in [0.25, 0.3) is 0 Å². The number of fused-ring (bicyclic) bond motifs is 3. The van der Waals surface area contributed by atoms with Crippen LogP contribution in [0.4, 0.5) is 0 Å². The minimum atomic E-state index is -0.743. The molecule has 0 amide bonds. The van der Waals surface area contributed by atoms with Gasteiger partial charge in [-0.2, -0.15) is 0 Å². The van der Waals surface area contributed by atoms with Crippen molar-refractivity contribution in [3.05, 3.63) is 0 Å². The van der Waals surface area contributed by atoms with Gasteiger partial charge in [0, 0.05) is 69.3 Å². The van der Waals surface area contributed by atoms with Crippen LogP contribution in [0.5, 0.6) is 0 Å². The maximum absolute atomic E-state index is 6.76. The molecule has 0 N–H and O–H groups in total. The van der Waals surface area contributed by atoms with E-state index < -0.39 is 4.46 Å². The molecular weight excluding hydrogens is 386 g/mol. The molecule has 2 unspecified atom stereocenters. The third kappa shape index (κ3) is 7.67. The number of hydrogen-bond donors (Lipinski definition) is 0. The van der Waals surface area contributed by atoms with E-state index in [4.69, 9.17) is 23.2 Å². The number of likely N-dealkylation sites (N-methyl/N-ethyl adjacent to an activating group) is 1. The average molecular weight is 420 g/mol. The summed E-state index contributed by atoms with van der Waals surface area (Å²) in [4.78, 5) is 9.84. The maximum Gasteiger partial charge on any atom is 0.172 e. The molecule has 4 nitrogen and oxygen atoms in total. The second kappa shape index (κ2) is 11.6. The summed E-state index contributed by atoms with van der Waals surface area (Å²) in [5, 5.41) is 0. The van der Waals surface area contributed by atoms with Gasteiger partial charge in [-0.05, 0) is 39.5 Å². The zero-order valence-corrected chi connectivity index (χ0v) is 18.0. The standard InChI is InChI=1S/C17H34Cl2N4.Mn/c1-3-4-8-21-10-6-17(18,19)23-15-11-20(2)7-5-9-22(13-12-21)14-16-23;/h3-16H2,1-2H3;. The van der Waals surface area contributed by atoms with Gasteiger partial charge < -0.3 is 14.7 Å². The Hall–Kier alpha value is 0.939. The molecule has 0 spiro atoms. The number of rotatable bonds is 3. The SMILES string of the molecule is CCCCN1CCN2CCCN(C)CCN(CC2)C(Cl)(Cl)CC1.[Mn]. The molecule has 2 rings (SSSR count). The summed E-state index contributed by atoms with van der Waals surface area (Å²) in [6, 6.07) is 0. The quantitative estimate of drug-likeness (QED) is 0.395. The van der Waals surface area contributed by atoms with Gasteiger partial charge in [-0.25, -0.2) is 0 Å². The molecule has 0 aliphatic carbocycles. The maximum atomic E-state index is 6.76. The van der Waals surface area contributed by atoms with Crippen molar-refractivity contribution in [3.8, 4) is 0 Å². The Kier molecular flexibility index (Phi) is 11.1. The monoisotopic (exact) mass is 419 g/mol. The van der Waals surface area contributed by atoms with Gasteiger partial charge in [0.15, 0.2) is 4.46 Å². The molecule has 0 saturated carbocycles. The molecule has 2 saturated heterocycles. The number of unbranched alkanes of at least 4 members (excludes halogenated alkanes) is 1. The second-order valence-corrected chi connectivity index (χ2v) is 8.54. The van der Waals surface area contributed by atoms with Crippen LogP contribution in [0.15, 0.2) is 0 Å². The van der Waals surface area contributed by atoms with Crippen LogP contribution in [0.2, 0.25) is 0 Å². The van der Waals surface area contributed by atoms with Crippen LogP contribution < -0.4 is 0 Å². The molecule has 2 fully saturated rings. The van der Waals surface area contributed by atoms with E-state index in [1.54, 1.807) is 0 Å². The summed E-state index contributed by atoms with van der Waals surface area (Å²) in [6.45, 7) is 13.1. The number of halogens is 2. The van der Waals surface area contributed by atoms with Crippen molar-refractivity contribution >= 4 is 23.2 Å². The molecule has 2 bridgehead atoms. The van der Waals surface area contributed by atoms with Crippen molar-refractivity contribution < 1.29 is 17.1 Å². The summed E-state index contributed by atoms with van der Waals surface area (Å²) < 4.78 is -0.743.